The molecule has 0 bridgehead atoms. The van der Waals surface area contributed by atoms with Crippen LogP contribution >= 0.6 is 46.6 Å². The van der Waals surface area contributed by atoms with E-state index in [9.17, 15) is 9.59 Å². The molecule has 3 aromatic rings. The second-order valence-electron chi connectivity index (χ2n) is 6.00. The number of methoxy groups -OCH3 is 1. The molecule has 152 valence electrons. The van der Waals surface area contributed by atoms with E-state index in [1.54, 1.807) is 43.5 Å². The number of ether oxygens (including phenoxy) is 1. The molecule has 0 fully saturated rings. The van der Waals surface area contributed by atoms with Crippen LogP contribution in [0, 0.1) is 0 Å². The summed E-state index contributed by atoms with van der Waals surface area (Å²) in [4.78, 5) is 29.7. The van der Waals surface area contributed by atoms with Gasteiger partial charge in [0.2, 0.25) is 5.91 Å². The molecule has 0 unspecified atom stereocenters. The third-order valence-electron chi connectivity index (χ3n) is 3.88. The second-order valence-corrected chi connectivity index (χ2v) is 8.25. The average molecular weight is 473 g/mol. The minimum absolute atomic E-state index is 0.0373. The molecule has 0 saturated carbocycles. The van der Waals surface area contributed by atoms with E-state index in [1.807, 2.05) is 0 Å². The fourth-order valence-corrected chi connectivity index (χ4v) is 4.13. The minimum Gasteiger partial charge on any atom is -0.383 e. The maximum atomic E-state index is 12.9. The zero-order valence-electron chi connectivity index (χ0n) is 15.2. The van der Waals surface area contributed by atoms with Crippen LogP contribution in [0.3, 0.4) is 0 Å². The summed E-state index contributed by atoms with van der Waals surface area (Å²) in [5.41, 5.74) is 0.747. The number of carbonyl (C=O) groups excluding carboxylic acids is 1. The highest BCUT2D eigenvalue weighted by molar-refractivity contribution is 7.99. The van der Waals surface area contributed by atoms with Gasteiger partial charge >= 0.3 is 0 Å². The summed E-state index contributed by atoms with van der Waals surface area (Å²) in [7, 11) is 1.55. The lowest BCUT2D eigenvalue weighted by molar-refractivity contribution is -0.113. The molecular formula is C19H16Cl3N3O3S. The van der Waals surface area contributed by atoms with Crippen molar-refractivity contribution in [1.82, 2.24) is 9.55 Å². The summed E-state index contributed by atoms with van der Waals surface area (Å²) < 4.78 is 6.59. The molecule has 0 saturated heterocycles. The fraction of sp³-hybridized carbons (Fsp3) is 0.211. The third kappa shape index (κ3) is 5.65. The van der Waals surface area contributed by atoms with Crippen molar-refractivity contribution in [3.63, 3.8) is 0 Å². The van der Waals surface area contributed by atoms with E-state index in [2.05, 4.69) is 10.3 Å². The number of amides is 1. The van der Waals surface area contributed by atoms with Crippen LogP contribution in [-0.4, -0.2) is 34.9 Å². The molecule has 0 aliphatic rings. The van der Waals surface area contributed by atoms with Crippen LogP contribution in [0.4, 0.5) is 5.69 Å². The smallest absolute Gasteiger partial charge is 0.262 e. The lowest BCUT2D eigenvalue weighted by Gasteiger charge is -2.13. The summed E-state index contributed by atoms with van der Waals surface area (Å²) in [6.45, 7) is 0.649. The van der Waals surface area contributed by atoms with Gasteiger partial charge in [-0.1, -0.05) is 46.6 Å². The summed E-state index contributed by atoms with van der Waals surface area (Å²) in [5.74, 6) is -0.248. The molecule has 1 amide bonds. The van der Waals surface area contributed by atoms with Gasteiger partial charge < -0.3 is 10.1 Å². The SMILES string of the molecule is COCCn1c(SCC(=O)Nc2cc(Cl)cc(Cl)c2)nc2cc(Cl)ccc2c1=O. The molecule has 1 heterocycles. The molecule has 0 atom stereocenters. The topological polar surface area (TPSA) is 73.2 Å². The number of anilines is 1. The molecular weight excluding hydrogens is 457 g/mol. The van der Waals surface area contributed by atoms with Crippen molar-refractivity contribution in [1.29, 1.82) is 0 Å². The van der Waals surface area contributed by atoms with Gasteiger partial charge in [0.25, 0.3) is 5.56 Å². The van der Waals surface area contributed by atoms with E-state index in [0.717, 1.165) is 11.8 Å². The number of benzene rings is 2. The zero-order chi connectivity index (χ0) is 21.0. The van der Waals surface area contributed by atoms with Crippen LogP contribution in [0.2, 0.25) is 15.1 Å². The van der Waals surface area contributed by atoms with Gasteiger partial charge in [0, 0.05) is 27.9 Å². The number of hydrogen-bond acceptors (Lipinski definition) is 5. The summed E-state index contributed by atoms with van der Waals surface area (Å²) >= 11 is 19.1. The molecule has 0 spiro atoms. The molecule has 0 aliphatic heterocycles. The fourth-order valence-electron chi connectivity index (χ4n) is 2.62. The average Bonchev–Trinajstić information content (AvgIpc) is 2.64. The Morgan fingerprint density at radius 2 is 1.86 bits per heavy atom. The summed E-state index contributed by atoms with van der Waals surface area (Å²) in [6.07, 6.45) is 0. The van der Waals surface area contributed by atoms with Gasteiger partial charge in [-0.15, -0.1) is 0 Å². The van der Waals surface area contributed by atoms with E-state index in [4.69, 9.17) is 39.5 Å². The van der Waals surface area contributed by atoms with Crippen molar-refractivity contribution in [3.8, 4) is 0 Å². The first-order chi connectivity index (χ1) is 13.9. The maximum absolute atomic E-state index is 12.9. The first kappa shape index (κ1) is 21.9. The largest absolute Gasteiger partial charge is 0.383 e. The lowest BCUT2D eigenvalue weighted by Crippen LogP contribution is -2.26. The van der Waals surface area contributed by atoms with Crippen LogP contribution in [0.1, 0.15) is 0 Å². The first-order valence-electron chi connectivity index (χ1n) is 8.45. The Balaban J connectivity index is 1.83. The molecule has 0 radical (unpaired) electrons. The Kier molecular flexibility index (Phi) is 7.43. The maximum Gasteiger partial charge on any atom is 0.262 e. The van der Waals surface area contributed by atoms with Crippen LogP contribution in [0.25, 0.3) is 10.9 Å². The molecule has 1 aromatic heterocycles. The van der Waals surface area contributed by atoms with Crippen molar-refractivity contribution in [2.45, 2.75) is 11.7 Å². The third-order valence-corrected chi connectivity index (χ3v) is 5.53. The van der Waals surface area contributed by atoms with Crippen LogP contribution < -0.4 is 10.9 Å². The van der Waals surface area contributed by atoms with Crippen molar-refractivity contribution >= 4 is 69.1 Å². The van der Waals surface area contributed by atoms with Gasteiger partial charge in [-0.05, 0) is 36.4 Å². The summed E-state index contributed by atoms with van der Waals surface area (Å²) in [6, 6.07) is 9.68. The predicted octanol–water partition coefficient (Wildman–Crippen LogP) is 4.73. The minimum atomic E-state index is -0.285. The van der Waals surface area contributed by atoms with Gasteiger partial charge in [0.15, 0.2) is 5.16 Å². The lowest BCUT2D eigenvalue weighted by atomic mass is 10.2. The molecule has 0 aliphatic carbocycles. The number of carbonyl (C=O) groups is 1. The Bertz CT molecular complexity index is 1100. The molecule has 3 rings (SSSR count). The van der Waals surface area contributed by atoms with Crippen LogP contribution in [0.5, 0.6) is 0 Å². The van der Waals surface area contributed by atoms with E-state index in [1.165, 1.54) is 4.57 Å². The van der Waals surface area contributed by atoms with E-state index < -0.39 is 0 Å². The van der Waals surface area contributed by atoms with Crippen molar-refractivity contribution < 1.29 is 9.53 Å². The quantitative estimate of drug-likeness (QED) is 0.397. The predicted molar refractivity (Wildman–Crippen MR) is 119 cm³/mol. The molecule has 29 heavy (non-hydrogen) atoms. The number of aromatic nitrogens is 2. The van der Waals surface area contributed by atoms with Gasteiger partial charge in [-0.3, -0.25) is 14.2 Å². The number of fused-ring (bicyclic) bond motifs is 1. The number of nitrogens with zero attached hydrogens (tertiary/aromatic N) is 2. The highest BCUT2D eigenvalue weighted by Gasteiger charge is 2.14. The molecule has 6 nitrogen and oxygen atoms in total. The Hall–Kier alpha value is -1.77. The van der Waals surface area contributed by atoms with Gasteiger partial charge in [0.1, 0.15) is 0 Å². The Labute approximate surface area is 186 Å². The monoisotopic (exact) mass is 471 g/mol. The van der Waals surface area contributed by atoms with Crippen molar-refractivity contribution in [2.24, 2.45) is 0 Å². The second kappa shape index (κ2) is 9.82. The van der Waals surface area contributed by atoms with E-state index >= 15 is 0 Å². The highest BCUT2D eigenvalue weighted by atomic mass is 35.5. The number of hydrogen-bond donors (Lipinski definition) is 1. The van der Waals surface area contributed by atoms with Crippen LogP contribution in [-0.2, 0) is 16.1 Å². The number of halogens is 3. The van der Waals surface area contributed by atoms with Crippen molar-refractivity contribution in [3.05, 3.63) is 61.8 Å². The molecule has 2 aromatic carbocycles. The van der Waals surface area contributed by atoms with E-state index in [-0.39, 0.29) is 17.2 Å². The van der Waals surface area contributed by atoms with E-state index in [0.29, 0.717) is 50.0 Å². The van der Waals surface area contributed by atoms with Gasteiger partial charge in [-0.25, -0.2) is 4.98 Å². The first-order valence-corrected chi connectivity index (χ1v) is 10.6. The number of nitrogens with one attached hydrogen (secondary N) is 1. The van der Waals surface area contributed by atoms with Gasteiger partial charge in [0.05, 0.1) is 29.8 Å². The van der Waals surface area contributed by atoms with Crippen LogP contribution in [0.15, 0.2) is 46.3 Å². The summed E-state index contributed by atoms with van der Waals surface area (Å²) in [5, 5.41) is 4.90. The van der Waals surface area contributed by atoms with Gasteiger partial charge in [-0.2, -0.15) is 0 Å². The Morgan fingerprint density at radius 1 is 1.14 bits per heavy atom. The molecule has 10 heteroatoms. The standard InChI is InChI=1S/C19H16Cl3N3O3S/c1-28-5-4-25-18(27)15-3-2-11(20)9-16(15)24-19(25)29-10-17(26)23-14-7-12(21)6-13(22)8-14/h2-3,6-9H,4-5,10H2,1H3,(H,23,26). The number of thioether (sulfide) groups is 1. The zero-order valence-corrected chi connectivity index (χ0v) is 18.3. The molecule has 1 N–H and O–H groups in total. The normalized spacial score (nSPS) is 11.0. The van der Waals surface area contributed by atoms with Crippen molar-refractivity contribution in [2.75, 3.05) is 24.8 Å². The number of rotatable bonds is 7. The highest BCUT2D eigenvalue weighted by Crippen LogP contribution is 2.24. The Morgan fingerprint density at radius 3 is 2.55 bits per heavy atom.